The summed E-state index contributed by atoms with van der Waals surface area (Å²) in [7, 11) is 4.76. The summed E-state index contributed by atoms with van der Waals surface area (Å²) < 4.78 is 1.26. The van der Waals surface area contributed by atoms with Crippen molar-refractivity contribution in [2.24, 2.45) is 0 Å². The Balaban J connectivity index is 2.20. The van der Waals surface area contributed by atoms with Crippen LogP contribution in [0.5, 0.6) is 0 Å². The lowest BCUT2D eigenvalue weighted by Gasteiger charge is -2.52. The molecule has 2 atom stereocenters. The monoisotopic (exact) mass is 197 g/mol. The fourth-order valence-corrected chi connectivity index (χ4v) is 3.08. The molecule has 0 aliphatic carbocycles. The number of likely N-dealkylation sites (tertiary alicyclic amines) is 1. The normalized spacial score (nSPS) is 44.4. The molecule has 0 saturated carbocycles. The van der Waals surface area contributed by atoms with Gasteiger partial charge in [-0.05, 0) is 40.7 Å². The Labute approximate surface area is 88.5 Å². The minimum absolute atomic E-state index is 0.405. The molecular formula is C12H25N2+. The van der Waals surface area contributed by atoms with Gasteiger partial charge in [-0.1, -0.05) is 0 Å². The maximum atomic E-state index is 2.62. The number of piperazine rings is 1. The van der Waals surface area contributed by atoms with E-state index in [-0.39, 0.29) is 0 Å². The van der Waals surface area contributed by atoms with Crippen molar-refractivity contribution in [3.8, 4) is 0 Å². The first-order chi connectivity index (χ1) is 6.33. The highest BCUT2D eigenvalue weighted by molar-refractivity contribution is 4.90. The average molecular weight is 197 g/mol. The van der Waals surface area contributed by atoms with E-state index in [1.165, 1.54) is 30.4 Å². The Morgan fingerprint density at radius 2 is 1.50 bits per heavy atom. The molecule has 0 aromatic rings. The number of rotatable bonds is 0. The van der Waals surface area contributed by atoms with Crippen LogP contribution < -0.4 is 0 Å². The van der Waals surface area contributed by atoms with Crippen molar-refractivity contribution in [1.29, 1.82) is 0 Å². The van der Waals surface area contributed by atoms with Crippen molar-refractivity contribution in [2.75, 3.05) is 27.2 Å². The lowest BCUT2D eigenvalue weighted by molar-refractivity contribution is -0.960. The number of nitrogens with zero attached hydrogens (tertiary/aromatic N) is 2. The van der Waals surface area contributed by atoms with Gasteiger partial charge in [0.05, 0.1) is 37.8 Å². The highest BCUT2D eigenvalue weighted by Gasteiger charge is 2.49. The smallest absolute Gasteiger partial charge is 0.0947 e. The molecule has 0 aromatic carbocycles. The molecule has 0 N–H and O–H groups in total. The summed E-state index contributed by atoms with van der Waals surface area (Å²) in [5, 5.41) is 0. The molecule has 2 unspecified atom stereocenters. The first-order valence-electron chi connectivity index (χ1n) is 5.90. The Bertz CT molecular complexity index is 215. The minimum atomic E-state index is 0.405. The van der Waals surface area contributed by atoms with Crippen molar-refractivity contribution < 1.29 is 4.48 Å². The molecule has 2 aliphatic heterocycles. The summed E-state index contributed by atoms with van der Waals surface area (Å²) in [6.07, 6.45) is 2.84. The van der Waals surface area contributed by atoms with Crippen LogP contribution >= 0.6 is 0 Å². The van der Waals surface area contributed by atoms with E-state index in [2.05, 4.69) is 39.8 Å². The van der Waals surface area contributed by atoms with E-state index in [9.17, 15) is 0 Å². The molecule has 2 heteroatoms. The second kappa shape index (κ2) is 2.96. The number of hydrogen-bond acceptors (Lipinski definition) is 1. The second-order valence-electron chi connectivity index (χ2n) is 6.48. The number of hydrogen-bond donors (Lipinski definition) is 0. The quantitative estimate of drug-likeness (QED) is 0.534. The molecule has 2 rings (SSSR count). The number of likely N-dealkylation sites (N-methyl/N-ethyl adjacent to an activating group) is 2. The molecule has 0 amide bonds. The summed E-state index contributed by atoms with van der Waals surface area (Å²) in [6.45, 7) is 9.85. The first-order valence-corrected chi connectivity index (χ1v) is 5.90. The molecule has 2 saturated heterocycles. The van der Waals surface area contributed by atoms with Gasteiger partial charge in [0.25, 0.3) is 0 Å². The number of fused-ring (bicyclic) bond motifs is 2. The summed E-state index contributed by atoms with van der Waals surface area (Å²) in [5.74, 6) is 0. The van der Waals surface area contributed by atoms with E-state index < -0.39 is 0 Å². The van der Waals surface area contributed by atoms with E-state index in [1.807, 2.05) is 0 Å². The van der Waals surface area contributed by atoms with E-state index in [0.717, 1.165) is 12.1 Å². The van der Waals surface area contributed by atoms with Gasteiger partial charge in [-0.3, -0.25) is 4.90 Å². The van der Waals surface area contributed by atoms with Gasteiger partial charge in [-0.25, -0.2) is 0 Å². The van der Waals surface area contributed by atoms with Crippen LogP contribution in [0.2, 0.25) is 0 Å². The number of quaternary nitrogens is 1. The van der Waals surface area contributed by atoms with Crippen LogP contribution in [0.3, 0.4) is 0 Å². The fraction of sp³-hybridized carbons (Fsp3) is 1.00. The largest absolute Gasteiger partial charge is 0.319 e. The second-order valence-corrected chi connectivity index (χ2v) is 6.48. The van der Waals surface area contributed by atoms with Crippen molar-refractivity contribution >= 4 is 0 Å². The summed E-state index contributed by atoms with van der Waals surface area (Å²) in [5.41, 5.74) is 0.405. The van der Waals surface area contributed by atoms with Crippen molar-refractivity contribution in [3.05, 3.63) is 0 Å². The van der Waals surface area contributed by atoms with Gasteiger partial charge >= 0.3 is 0 Å². The molecule has 14 heavy (non-hydrogen) atoms. The first kappa shape index (κ1) is 10.4. The van der Waals surface area contributed by atoms with Gasteiger partial charge in [-0.2, -0.15) is 0 Å². The topological polar surface area (TPSA) is 3.24 Å². The van der Waals surface area contributed by atoms with Crippen LogP contribution in [0.1, 0.15) is 33.6 Å². The molecule has 2 aliphatic rings. The van der Waals surface area contributed by atoms with Crippen LogP contribution in [-0.2, 0) is 0 Å². The zero-order valence-electron chi connectivity index (χ0n) is 10.4. The Morgan fingerprint density at radius 1 is 1.07 bits per heavy atom. The van der Waals surface area contributed by atoms with Gasteiger partial charge < -0.3 is 4.48 Å². The third-order valence-electron chi connectivity index (χ3n) is 4.83. The van der Waals surface area contributed by atoms with Gasteiger partial charge in [0.1, 0.15) is 0 Å². The molecule has 2 heterocycles. The van der Waals surface area contributed by atoms with Crippen LogP contribution in [0, 0.1) is 0 Å². The van der Waals surface area contributed by atoms with E-state index in [4.69, 9.17) is 0 Å². The molecule has 2 bridgehead atoms. The third-order valence-corrected chi connectivity index (χ3v) is 4.83. The van der Waals surface area contributed by atoms with E-state index >= 15 is 0 Å². The van der Waals surface area contributed by atoms with Crippen LogP contribution in [-0.4, -0.2) is 54.2 Å². The third kappa shape index (κ3) is 1.40. The highest BCUT2D eigenvalue weighted by Crippen LogP contribution is 2.36. The summed E-state index contributed by atoms with van der Waals surface area (Å²) in [6, 6.07) is 1.69. The molecule has 82 valence electrons. The Hall–Kier alpha value is -0.0800. The zero-order valence-corrected chi connectivity index (χ0v) is 10.4. The zero-order chi connectivity index (χ0) is 10.6. The van der Waals surface area contributed by atoms with Crippen LogP contribution in [0.4, 0.5) is 0 Å². The standard InChI is InChI=1S/C12H25N2/c1-12(2,3)14(5)8-10-6-7-11(9-14)13(10)4/h10-11H,6-9H2,1-5H3/q+1. The predicted molar refractivity (Wildman–Crippen MR) is 60.2 cm³/mol. The lowest BCUT2D eigenvalue weighted by Crippen LogP contribution is -2.68. The van der Waals surface area contributed by atoms with Crippen molar-refractivity contribution in [3.63, 3.8) is 0 Å². The van der Waals surface area contributed by atoms with Gasteiger partial charge in [-0.15, -0.1) is 0 Å². The summed E-state index contributed by atoms with van der Waals surface area (Å²) >= 11 is 0. The van der Waals surface area contributed by atoms with Crippen molar-refractivity contribution in [1.82, 2.24) is 4.90 Å². The average Bonchev–Trinajstić information content (AvgIpc) is 2.32. The van der Waals surface area contributed by atoms with E-state index in [0.29, 0.717) is 5.54 Å². The maximum Gasteiger partial charge on any atom is 0.0947 e. The molecule has 2 fully saturated rings. The molecule has 0 aromatic heterocycles. The highest BCUT2D eigenvalue weighted by atomic mass is 15.4. The Kier molecular flexibility index (Phi) is 2.20. The SMILES string of the molecule is CN1C2CCC1C[N+](C)(C(C)(C)C)C2. The molecule has 0 spiro atoms. The molecule has 0 radical (unpaired) electrons. The van der Waals surface area contributed by atoms with Gasteiger partial charge in [0.15, 0.2) is 0 Å². The molecular weight excluding hydrogens is 172 g/mol. The molecule has 2 nitrogen and oxygen atoms in total. The summed E-state index contributed by atoms with van der Waals surface area (Å²) in [4.78, 5) is 2.62. The van der Waals surface area contributed by atoms with Crippen LogP contribution in [0.25, 0.3) is 0 Å². The van der Waals surface area contributed by atoms with Gasteiger partial charge in [0, 0.05) is 0 Å². The lowest BCUT2D eigenvalue weighted by atomic mass is 9.98. The minimum Gasteiger partial charge on any atom is -0.319 e. The van der Waals surface area contributed by atoms with E-state index in [1.54, 1.807) is 0 Å². The van der Waals surface area contributed by atoms with Gasteiger partial charge in [0.2, 0.25) is 0 Å². The Morgan fingerprint density at radius 3 is 1.86 bits per heavy atom. The fourth-order valence-electron chi connectivity index (χ4n) is 3.08. The van der Waals surface area contributed by atoms with Crippen LogP contribution in [0.15, 0.2) is 0 Å². The predicted octanol–water partition coefficient (Wildman–Crippen LogP) is 1.71. The van der Waals surface area contributed by atoms with Crippen molar-refractivity contribution in [2.45, 2.75) is 51.2 Å². The maximum absolute atomic E-state index is 2.62.